The van der Waals surface area contributed by atoms with Crippen LogP contribution in [0.25, 0.3) is 0 Å². The van der Waals surface area contributed by atoms with Gasteiger partial charge in [0.2, 0.25) is 5.96 Å². The van der Waals surface area contributed by atoms with Crippen LogP contribution in [0.15, 0.2) is 21.6 Å². The zero-order chi connectivity index (χ0) is 10.7. The molecule has 0 bridgehead atoms. The SMILES string of the molecule is Cc1cc(Br)c(Cl)cc1N=C(N)NO. The van der Waals surface area contributed by atoms with Crippen molar-refractivity contribution in [2.24, 2.45) is 10.7 Å². The number of nitrogens with zero attached hydrogens (tertiary/aromatic N) is 1. The van der Waals surface area contributed by atoms with E-state index in [9.17, 15) is 0 Å². The minimum Gasteiger partial charge on any atom is -0.368 e. The van der Waals surface area contributed by atoms with Gasteiger partial charge >= 0.3 is 0 Å². The number of hydrogen-bond acceptors (Lipinski definition) is 2. The molecule has 1 aromatic carbocycles. The summed E-state index contributed by atoms with van der Waals surface area (Å²) in [4.78, 5) is 3.91. The number of aryl methyl sites for hydroxylation is 1. The molecule has 0 fully saturated rings. The minimum absolute atomic E-state index is 0.0773. The number of hydroxylamine groups is 1. The third-order valence-corrected chi connectivity index (χ3v) is 2.79. The molecule has 0 aromatic heterocycles. The van der Waals surface area contributed by atoms with Crippen LogP contribution in [0.4, 0.5) is 5.69 Å². The van der Waals surface area contributed by atoms with E-state index in [1.165, 1.54) is 0 Å². The van der Waals surface area contributed by atoms with E-state index in [0.717, 1.165) is 10.0 Å². The number of halogens is 2. The Kier molecular flexibility index (Phi) is 3.74. The standard InChI is InChI=1S/C8H9BrClN3O/c1-4-2-5(9)6(10)3-7(4)12-8(11)13-14/h2-3,14H,1H3,(H3,11,12,13). The maximum absolute atomic E-state index is 8.46. The van der Waals surface area contributed by atoms with Crippen LogP contribution in [0.2, 0.25) is 5.02 Å². The third kappa shape index (κ3) is 2.60. The zero-order valence-corrected chi connectivity index (χ0v) is 9.72. The number of nitrogens with one attached hydrogen (secondary N) is 1. The molecule has 0 unspecified atom stereocenters. The molecule has 0 aliphatic rings. The van der Waals surface area contributed by atoms with Crippen LogP contribution < -0.4 is 11.2 Å². The van der Waals surface area contributed by atoms with Crippen LogP contribution in [0.1, 0.15) is 5.56 Å². The Labute approximate surface area is 94.9 Å². The molecule has 76 valence electrons. The summed E-state index contributed by atoms with van der Waals surface area (Å²) >= 11 is 9.16. The van der Waals surface area contributed by atoms with E-state index in [-0.39, 0.29) is 5.96 Å². The lowest BCUT2D eigenvalue weighted by Gasteiger charge is -2.04. The average molecular weight is 279 g/mol. The van der Waals surface area contributed by atoms with Gasteiger partial charge < -0.3 is 5.73 Å². The molecule has 1 rings (SSSR count). The van der Waals surface area contributed by atoms with Crippen LogP contribution >= 0.6 is 27.5 Å². The molecule has 0 amide bonds. The van der Waals surface area contributed by atoms with Gasteiger partial charge in [-0.2, -0.15) is 0 Å². The van der Waals surface area contributed by atoms with Crippen molar-refractivity contribution in [2.45, 2.75) is 6.92 Å². The van der Waals surface area contributed by atoms with Crippen molar-refractivity contribution in [3.8, 4) is 0 Å². The molecular weight excluding hydrogens is 269 g/mol. The molecule has 0 aliphatic heterocycles. The summed E-state index contributed by atoms with van der Waals surface area (Å²) in [5, 5.41) is 9.00. The van der Waals surface area contributed by atoms with Crippen LogP contribution in [-0.4, -0.2) is 11.2 Å². The van der Waals surface area contributed by atoms with Crippen LogP contribution in [0.3, 0.4) is 0 Å². The van der Waals surface area contributed by atoms with Gasteiger partial charge in [-0.05, 0) is 40.5 Å². The highest BCUT2D eigenvalue weighted by Gasteiger charge is 2.03. The van der Waals surface area contributed by atoms with E-state index < -0.39 is 0 Å². The largest absolute Gasteiger partial charge is 0.368 e. The summed E-state index contributed by atoms with van der Waals surface area (Å²) in [6, 6.07) is 3.48. The Morgan fingerprint density at radius 2 is 2.29 bits per heavy atom. The average Bonchev–Trinajstić information content (AvgIpc) is 2.14. The highest BCUT2D eigenvalue weighted by Crippen LogP contribution is 2.30. The first-order chi connectivity index (χ1) is 6.54. The van der Waals surface area contributed by atoms with Gasteiger partial charge in [-0.3, -0.25) is 5.21 Å². The summed E-state index contributed by atoms with van der Waals surface area (Å²) in [7, 11) is 0. The molecule has 0 saturated heterocycles. The number of hydrogen-bond donors (Lipinski definition) is 3. The number of benzene rings is 1. The first-order valence-corrected chi connectivity index (χ1v) is 4.91. The van der Waals surface area contributed by atoms with E-state index >= 15 is 0 Å². The van der Waals surface area contributed by atoms with Crippen molar-refractivity contribution in [3.05, 3.63) is 27.2 Å². The fraction of sp³-hybridized carbons (Fsp3) is 0.125. The molecule has 14 heavy (non-hydrogen) atoms. The first kappa shape index (κ1) is 11.3. The van der Waals surface area contributed by atoms with Crippen molar-refractivity contribution >= 4 is 39.2 Å². The molecule has 0 atom stereocenters. The normalized spacial score (nSPS) is 11.6. The van der Waals surface area contributed by atoms with Crippen molar-refractivity contribution < 1.29 is 5.21 Å². The smallest absolute Gasteiger partial charge is 0.218 e. The lowest BCUT2D eigenvalue weighted by atomic mass is 10.2. The van der Waals surface area contributed by atoms with E-state index in [0.29, 0.717) is 10.7 Å². The van der Waals surface area contributed by atoms with Crippen molar-refractivity contribution in [1.82, 2.24) is 5.48 Å². The summed E-state index contributed by atoms with van der Waals surface area (Å²) < 4.78 is 0.797. The second kappa shape index (κ2) is 4.63. The highest BCUT2D eigenvalue weighted by molar-refractivity contribution is 9.10. The Bertz CT molecular complexity index is 381. The molecular formula is C8H9BrClN3O. The van der Waals surface area contributed by atoms with Gasteiger partial charge in [0.15, 0.2) is 0 Å². The van der Waals surface area contributed by atoms with Gasteiger partial charge in [0, 0.05) is 4.47 Å². The van der Waals surface area contributed by atoms with E-state index in [2.05, 4.69) is 20.9 Å². The quantitative estimate of drug-likeness (QED) is 0.419. The number of nitrogens with two attached hydrogens (primary N) is 1. The number of aliphatic imine (C=N–C) groups is 1. The van der Waals surface area contributed by atoms with Crippen molar-refractivity contribution in [2.75, 3.05) is 0 Å². The maximum Gasteiger partial charge on any atom is 0.218 e. The molecule has 1 aromatic rings. The predicted octanol–water partition coefficient (Wildman–Crippen LogP) is 2.34. The van der Waals surface area contributed by atoms with Gasteiger partial charge in [0.25, 0.3) is 0 Å². The van der Waals surface area contributed by atoms with Crippen LogP contribution in [0, 0.1) is 6.92 Å². The molecule has 0 saturated carbocycles. The van der Waals surface area contributed by atoms with Gasteiger partial charge in [0.05, 0.1) is 10.7 Å². The summed E-state index contributed by atoms with van der Waals surface area (Å²) in [6.45, 7) is 1.87. The Balaban J connectivity index is 3.16. The molecule has 4 N–H and O–H groups in total. The Morgan fingerprint density at radius 1 is 1.64 bits per heavy atom. The fourth-order valence-corrected chi connectivity index (χ4v) is 1.53. The lowest BCUT2D eigenvalue weighted by molar-refractivity contribution is 0.233. The number of guanidine groups is 1. The zero-order valence-electron chi connectivity index (χ0n) is 7.38. The molecule has 0 aliphatic carbocycles. The van der Waals surface area contributed by atoms with Crippen LogP contribution in [-0.2, 0) is 0 Å². The van der Waals surface area contributed by atoms with E-state index in [1.54, 1.807) is 11.5 Å². The first-order valence-electron chi connectivity index (χ1n) is 3.74. The predicted molar refractivity (Wildman–Crippen MR) is 60.1 cm³/mol. The van der Waals surface area contributed by atoms with Gasteiger partial charge in [-0.15, -0.1) is 0 Å². The van der Waals surface area contributed by atoms with E-state index in [1.807, 2.05) is 13.0 Å². The summed E-state index contributed by atoms with van der Waals surface area (Å²) in [6.07, 6.45) is 0. The maximum atomic E-state index is 8.46. The number of rotatable bonds is 1. The van der Waals surface area contributed by atoms with E-state index in [4.69, 9.17) is 22.5 Å². The summed E-state index contributed by atoms with van der Waals surface area (Å²) in [5.74, 6) is -0.0773. The van der Waals surface area contributed by atoms with Gasteiger partial charge in [-0.25, -0.2) is 10.5 Å². The second-order valence-corrected chi connectivity index (χ2v) is 3.92. The molecule has 0 spiro atoms. The monoisotopic (exact) mass is 277 g/mol. The molecule has 0 radical (unpaired) electrons. The van der Waals surface area contributed by atoms with Crippen molar-refractivity contribution in [3.63, 3.8) is 0 Å². The third-order valence-electron chi connectivity index (χ3n) is 1.59. The van der Waals surface area contributed by atoms with Crippen LogP contribution in [0.5, 0.6) is 0 Å². The van der Waals surface area contributed by atoms with Gasteiger partial charge in [0.1, 0.15) is 0 Å². The molecule has 6 heteroatoms. The fourth-order valence-electron chi connectivity index (χ4n) is 0.911. The Morgan fingerprint density at radius 3 is 2.86 bits per heavy atom. The topological polar surface area (TPSA) is 70.6 Å². The Hall–Kier alpha value is -0.780. The molecule has 4 nitrogen and oxygen atoms in total. The minimum atomic E-state index is -0.0773. The van der Waals surface area contributed by atoms with Crippen molar-refractivity contribution in [1.29, 1.82) is 0 Å². The summed E-state index contributed by atoms with van der Waals surface area (Å²) in [5.41, 5.74) is 8.55. The van der Waals surface area contributed by atoms with Gasteiger partial charge in [-0.1, -0.05) is 11.6 Å². The molecule has 0 heterocycles. The highest BCUT2D eigenvalue weighted by atomic mass is 79.9. The second-order valence-electron chi connectivity index (χ2n) is 2.66. The lowest BCUT2D eigenvalue weighted by Crippen LogP contribution is -2.27.